The molecule has 0 fully saturated rings. The molecule has 0 heterocycles. The summed E-state index contributed by atoms with van der Waals surface area (Å²) in [5, 5.41) is 20.9. The first-order valence-electron chi connectivity index (χ1n) is 9.79. The monoisotopic (exact) mass is 500 g/mol. The normalized spacial score (nSPS) is 11.9. The number of anilines is 2. The predicted octanol–water partition coefficient (Wildman–Crippen LogP) is 3.61. The zero-order chi connectivity index (χ0) is 24.9. The molecule has 1 atom stereocenters. The number of nitrogens with two attached hydrogens (primary N) is 1. The van der Waals surface area contributed by atoms with Crippen LogP contribution in [0.1, 0.15) is 17.3 Å². The molecular formula is C22H20N4O6S2. The number of carbonyl (C=O) groups is 2. The maximum Gasteiger partial charge on any atom is 0.270 e. The quantitative estimate of drug-likeness (QED) is 0.242. The van der Waals surface area contributed by atoms with Crippen LogP contribution >= 0.6 is 11.8 Å². The molecule has 1 unspecified atom stereocenters. The summed E-state index contributed by atoms with van der Waals surface area (Å²) < 4.78 is 22.7. The zero-order valence-corrected chi connectivity index (χ0v) is 19.4. The van der Waals surface area contributed by atoms with Crippen LogP contribution in [0, 0.1) is 10.1 Å². The lowest BCUT2D eigenvalue weighted by Crippen LogP contribution is -2.22. The topological polar surface area (TPSA) is 162 Å². The van der Waals surface area contributed by atoms with E-state index in [1.807, 2.05) is 0 Å². The number of carbonyl (C=O) groups excluding carboxylic acids is 2. The Morgan fingerprint density at radius 2 is 1.65 bits per heavy atom. The van der Waals surface area contributed by atoms with E-state index in [0.29, 0.717) is 16.3 Å². The van der Waals surface area contributed by atoms with Crippen molar-refractivity contribution in [3.05, 3.63) is 88.5 Å². The summed E-state index contributed by atoms with van der Waals surface area (Å²) in [5.74, 6) is -0.807. The van der Waals surface area contributed by atoms with Crippen LogP contribution in [-0.4, -0.2) is 30.4 Å². The van der Waals surface area contributed by atoms with Crippen LogP contribution in [0.5, 0.6) is 0 Å². The number of amides is 2. The standard InChI is InChI=1S/C22H20N4O6S2/c1-14(21(27)24-16-8-10-20(11-9-16)34(23,31)32)33-19-7-3-5-17(13-19)25-22(28)15-4-2-6-18(12-15)26(29)30/h2-14H,1H3,(H,24,27)(H,25,28)(H2,23,31,32). The van der Waals surface area contributed by atoms with Crippen LogP contribution in [0.4, 0.5) is 17.1 Å². The number of nitrogens with zero attached hydrogens (tertiary/aromatic N) is 1. The van der Waals surface area contributed by atoms with Gasteiger partial charge >= 0.3 is 0 Å². The third-order valence-electron chi connectivity index (χ3n) is 4.54. The second-order valence-electron chi connectivity index (χ2n) is 7.11. The Morgan fingerprint density at radius 3 is 2.29 bits per heavy atom. The molecule has 2 amide bonds. The van der Waals surface area contributed by atoms with Gasteiger partial charge in [0.15, 0.2) is 0 Å². The van der Waals surface area contributed by atoms with Crippen molar-refractivity contribution in [2.24, 2.45) is 5.14 Å². The van der Waals surface area contributed by atoms with Crippen molar-refractivity contribution in [3.8, 4) is 0 Å². The summed E-state index contributed by atoms with van der Waals surface area (Å²) in [6, 6.07) is 17.7. The Hall–Kier alpha value is -3.74. The van der Waals surface area contributed by atoms with E-state index in [9.17, 15) is 28.1 Å². The van der Waals surface area contributed by atoms with Gasteiger partial charge in [0.1, 0.15) is 0 Å². The van der Waals surface area contributed by atoms with Gasteiger partial charge in [0.25, 0.3) is 11.6 Å². The third kappa shape index (κ3) is 6.63. The van der Waals surface area contributed by atoms with Crippen molar-refractivity contribution in [2.75, 3.05) is 10.6 Å². The molecule has 3 aromatic carbocycles. The summed E-state index contributed by atoms with van der Waals surface area (Å²) in [5.41, 5.74) is 0.847. The summed E-state index contributed by atoms with van der Waals surface area (Å²) >= 11 is 1.25. The van der Waals surface area contributed by atoms with E-state index in [1.54, 1.807) is 31.2 Å². The van der Waals surface area contributed by atoms with Gasteiger partial charge in [-0.25, -0.2) is 13.6 Å². The fraction of sp³-hybridized carbons (Fsp3) is 0.0909. The van der Waals surface area contributed by atoms with E-state index < -0.39 is 26.1 Å². The lowest BCUT2D eigenvalue weighted by atomic mass is 10.2. The van der Waals surface area contributed by atoms with Gasteiger partial charge in [0, 0.05) is 34.0 Å². The SMILES string of the molecule is CC(Sc1cccc(NC(=O)c2cccc([N+](=O)[O-])c2)c1)C(=O)Nc1ccc(S(N)(=O)=O)cc1. The molecule has 10 nitrogen and oxygen atoms in total. The molecule has 0 radical (unpaired) electrons. The van der Waals surface area contributed by atoms with Crippen LogP contribution in [0.2, 0.25) is 0 Å². The minimum atomic E-state index is -3.82. The molecule has 0 saturated heterocycles. The number of nitro groups is 1. The molecule has 0 spiro atoms. The molecule has 0 aliphatic heterocycles. The smallest absolute Gasteiger partial charge is 0.270 e. The molecule has 0 bridgehead atoms. The molecule has 0 aromatic heterocycles. The molecule has 0 aliphatic rings. The van der Waals surface area contributed by atoms with Gasteiger partial charge < -0.3 is 10.6 Å². The first-order valence-corrected chi connectivity index (χ1v) is 12.2. The fourth-order valence-electron chi connectivity index (χ4n) is 2.84. The maximum absolute atomic E-state index is 12.5. The van der Waals surface area contributed by atoms with Crippen LogP contribution in [-0.2, 0) is 14.8 Å². The summed E-state index contributed by atoms with van der Waals surface area (Å²) in [4.78, 5) is 36.0. The third-order valence-corrected chi connectivity index (χ3v) is 6.57. The van der Waals surface area contributed by atoms with E-state index in [0.717, 1.165) is 0 Å². The second kappa shape index (κ2) is 10.5. The molecular weight excluding hydrogens is 480 g/mol. The first kappa shape index (κ1) is 24.9. The van der Waals surface area contributed by atoms with Crippen molar-refractivity contribution in [1.29, 1.82) is 0 Å². The number of primary sulfonamides is 1. The highest BCUT2D eigenvalue weighted by Crippen LogP contribution is 2.27. The van der Waals surface area contributed by atoms with Crippen LogP contribution in [0.25, 0.3) is 0 Å². The van der Waals surface area contributed by atoms with Gasteiger partial charge in [0.2, 0.25) is 15.9 Å². The van der Waals surface area contributed by atoms with E-state index in [2.05, 4.69) is 10.6 Å². The molecule has 4 N–H and O–H groups in total. The van der Waals surface area contributed by atoms with Crippen molar-refractivity contribution in [3.63, 3.8) is 0 Å². The van der Waals surface area contributed by atoms with Crippen molar-refractivity contribution in [1.82, 2.24) is 0 Å². The maximum atomic E-state index is 12.5. The molecule has 0 saturated carbocycles. The molecule has 34 heavy (non-hydrogen) atoms. The lowest BCUT2D eigenvalue weighted by Gasteiger charge is -2.13. The van der Waals surface area contributed by atoms with Crippen molar-refractivity contribution >= 4 is 50.7 Å². The number of benzene rings is 3. The highest BCUT2D eigenvalue weighted by molar-refractivity contribution is 8.00. The van der Waals surface area contributed by atoms with Gasteiger partial charge in [-0.2, -0.15) is 0 Å². The Morgan fingerprint density at radius 1 is 0.971 bits per heavy atom. The Bertz CT molecular complexity index is 1340. The van der Waals surface area contributed by atoms with Crippen LogP contribution in [0.15, 0.2) is 82.6 Å². The Labute approximate surface area is 199 Å². The highest BCUT2D eigenvalue weighted by Gasteiger charge is 2.16. The summed E-state index contributed by atoms with van der Waals surface area (Å²) in [7, 11) is -3.82. The van der Waals surface area contributed by atoms with Crippen molar-refractivity contribution in [2.45, 2.75) is 22.0 Å². The number of non-ortho nitro benzene ring substituents is 1. The number of hydrogen-bond acceptors (Lipinski definition) is 7. The molecule has 3 aromatic rings. The van der Waals surface area contributed by atoms with E-state index in [4.69, 9.17) is 5.14 Å². The molecule has 176 valence electrons. The van der Waals surface area contributed by atoms with Crippen LogP contribution in [0.3, 0.4) is 0 Å². The second-order valence-corrected chi connectivity index (χ2v) is 10.1. The minimum absolute atomic E-state index is 0.0584. The number of hydrogen-bond donors (Lipinski definition) is 3. The largest absolute Gasteiger partial charge is 0.325 e. The van der Waals surface area contributed by atoms with E-state index >= 15 is 0 Å². The molecule has 3 rings (SSSR count). The van der Waals surface area contributed by atoms with Gasteiger partial charge in [-0.3, -0.25) is 19.7 Å². The fourth-order valence-corrected chi connectivity index (χ4v) is 4.28. The number of thioether (sulfide) groups is 1. The molecule has 0 aliphatic carbocycles. The van der Waals surface area contributed by atoms with Gasteiger partial charge in [0.05, 0.1) is 15.1 Å². The number of nitro benzene ring substituents is 1. The summed E-state index contributed by atoms with van der Waals surface area (Å²) in [6.45, 7) is 1.70. The van der Waals surface area contributed by atoms with Crippen LogP contribution < -0.4 is 15.8 Å². The Kier molecular flexibility index (Phi) is 7.66. The van der Waals surface area contributed by atoms with E-state index in [-0.39, 0.29) is 22.1 Å². The summed E-state index contributed by atoms with van der Waals surface area (Å²) in [6.07, 6.45) is 0. The number of nitrogens with one attached hydrogen (secondary N) is 2. The predicted molar refractivity (Wildman–Crippen MR) is 129 cm³/mol. The first-order chi connectivity index (χ1) is 16.0. The number of rotatable bonds is 8. The minimum Gasteiger partial charge on any atom is -0.325 e. The van der Waals surface area contributed by atoms with Gasteiger partial charge in [-0.05, 0) is 55.5 Å². The highest BCUT2D eigenvalue weighted by atomic mass is 32.2. The number of sulfonamides is 1. The average molecular weight is 501 g/mol. The molecule has 12 heteroatoms. The van der Waals surface area contributed by atoms with Crippen molar-refractivity contribution < 1.29 is 22.9 Å². The zero-order valence-electron chi connectivity index (χ0n) is 17.8. The lowest BCUT2D eigenvalue weighted by molar-refractivity contribution is -0.384. The Balaban J connectivity index is 1.63. The van der Waals surface area contributed by atoms with E-state index in [1.165, 1.54) is 60.3 Å². The van der Waals surface area contributed by atoms with Gasteiger partial charge in [-0.15, -0.1) is 11.8 Å². The average Bonchev–Trinajstić information content (AvgIpc) is 2.79. The van der Waals surface area contributed by atoms with Gasteiger partial charge in [-0.1, -0.05) is 12.1 Å².